The van der Waals surface area contributed by atoms with Crippen LogP contribution in [-0.2, 0) is 9.53 Å². The van der Waals surface area contributed by atoms with Gasteiger partial charge in [0.05, 0.1) is 27.6 Å². The summed E-state index contributed by atoms with van der Waals surface area (Å²) >= 11 is 0. The fourth-order valence-corrected chi connectivity index (χ4v) is 0.682. The zero-order chi connectivity index (χ0) is 11.0. The second-order valence-corrected chi connectivity index (χ2v) is 3.77. The molecule has 3 heteroatoms. The van der Waals surface area contributed by atoms with Crippen LogP contribution < -0.4 is 0 Å². The fraction of sp³-hybridized carbons (Fsp3) is 0.545. The lowest BCUT2D eigenvalue weighted by molar-refractivity contribution is -0.800. The van der Waals surface area contributed by atoms with Crippen molar-refractivity contribution in [2.45, 2.75) is 12.8 Å². The Bertz CT molecular complexity index is 253. The first-order chi connectivity index (χ1) is 6.45. The first-order valence-corrected chi connectivity index (χ1v) is 4.54. The maximum Gasteiger partial charge on any atom is 0.307 e. The summed E-state index contributed by atoms with van der Waals surface area (Å²) < 4.78 is 5.38. The van der Waals surface area contributed by atoms with Crippen molar-refractivity contribution >= 4 is 5.97 Å². The third kappa shape index (κ3) is 8.82. The van der Waals surface area contributed by atoms with Crippen LogP contribution in [0.15, 0.2) is 12.7 Å². The largest absolute Gasteiger partial charge is 0.461 e. The normalized spacial score (nSPS) is 9.93. The van der Waals surface area contributed by atoms with Crippen LogP contribution in [0.5, 0.6) is 0 Å². The van der Waals surface area contributed by atoms with Gasteiger partial charge in [-0.05, 0) is 5.92 Å². The molecule has 0 aromatic heterocycles. The van der Waals surface area contributed by atoms with Gasteiger partial charge in [0, 0.05) is 6.42 Å². The van der Waals surface area contributed by atoms with Crippen LogP contribution in [0.1, 0.15) is 12.8 Å². The average Bonchev–Trinajstić information content (AvgIpc) is 2.07. The van der Waals surface area contributed by atoms with Gasteiger partial charge in [0.1, 0.15) is 12.7 Å². The molecule has 0 unspecified atom stereocenters. The zero-order valence-corrected chi connectivity index (χ0v) is 9.17. The van der Waals surface area contributed by atoms with Gasteiger partial charge in [-0.25, -0.2) is 0 Å². The summed E-state index contributed by atoms with van der Waals surface area (Å²) in [7, 11) is 5.93. The predicted octanol–water partition coefficient (Wildman–Crippen LogP) is 1.16. The number of carbonyl (C=O) groups excluding carboxylic acids is 1. The number of carbonyl (C=O) groups is 1. The number of hydrogen-bond acceptors (Lipinski definition) is 2. The highest BCUT2D eigenvalue weighted by atomic mass is 16.5. The van der Waals surface area contributed by atoms with Crippen LogP contribution in [-0.4, -0.2) is 38.2 Å². The molecule has 14 heavy (non-hydrogen) atoms. The Hall–Kier alpha value is -1.27. The van der Waals surface area contributed by atoms with E-state index in [-0.39, 0.29) is 12.6 Å². The fourth-order valence-electron chi connectivity index (χ4n) is 0.682. The summed E-state index contributed by atoms with van der Waals surface area (Å²) in [6.07, 6.45) is 2.45. The van der Waals surface area contributed by atoms with E-state index < -0.39 is 0 Å². The number of quaternary nitrogens is 1. The SMILES string of the molecule is C=CCOC(=O)CCC#C[N+](C)(C)C. The highest BCUT2D eigenvalue weighted by Crippen LogP contribution is 1.92. The van der Waals surface area contributed by atoms with Gasteiger partial charge in [-0.3, -0.25) is 9.28 Å². The standard InChI is InChI=1S/C11H18NO2/c1-5-10-14-11(13)8-6-7-9-12(2,3)4/h5H,1,6,8,10H2,2-4H3/q+1. The van der Waals surface area contributed by atoms with E-state index in [0.717, 1.165) is 0 Å². The molecule has 0 aliphatic rings. The van der Waals surface area contributed by atoms with Crippen LogP contribution in [0.4, 0.5) is 0 Å². The van der Waals surface area contributed by atoms with Crippen molar-refractivity contribution in [1.29, 1.82) is 0 Å². The molecule has 0 aromatic rings. The van der Waals surface area contributed by atoms with Crippen LogP contribution >= 0.6 is 0 Å². The number of ether oxygens (including phenoxy) is 1. The lowest BCUT2D eigenvalue weighted by atomic mass is 10.3. The molecule has 0 aliphatic carbocycles. The first-order valence-electron chi connectivity index (χ1n) is 4.54. The van der Waals surface area contributed by atoms with Crippen molar-refractivity contribution in [3.8, 4) is 12.0 Å². The number of nitrogens with zero attached hydrogens (tertiary/aromatic N) is 1. The summed E-state index contributed by atoms with van der Waals surface area (Å²) in [6, 6.07) is 2.99. The molecule has 0 aliphatic heterocycles. The number of rotatable bonds is 4. The molecule has 78 valence electrons. The van der Waals surface area contributed by atoms with E-state index in [1.165, 1.54) is 0 Å². The van der Waals surface area contributed by atoms with Crippen molar-refractivity contribution in [3.05, 3.63) is 12.7 Å². The number of esters is 1. The quantitative estimate of drug-likeness (QED) is 0.292. The highest BCUT2D eigenvalue weighted by molar-refractivity contribution is 5.69. The first kappa shape index (κ1) is 12.7. The molecule has 0 saturated heterocycles. The van der Waals surface area contributed by atoms with Gasteiger partial charge in [-0.1, -0.05) is 12.7 Å². The molecule has 0 bridgehead atoms. The molecule has 0 radical (unpaired) electrons. The lowest BCUT2D eigenvalue weighted by Crippen LogP contribution is -2.27. The minimum atomic E-state index is -0.222. The molecule has 0 N–H and O–H groups in total. The van der Waals surface area contributed by atoms with E-state index in [9.17, 15) is 4.79 Å². The van der Waals surface area contributed by atoms with Gasteiger partial charge in [-0.15, -0.1) is 0 Å². The maximum absolute atomic E-state index is 11.0. The highest BCUT2D eigenvalue weighted by Gasteiger charge is 2.01. The van der Waals surface area contributed by atoms with E-state index >= 15 is 0 Å². The Kier molecular flexibility index (Phi) is 5.66. The summed E-state index contributed by atoms with van der Waals surface area (Å²) in [5.41, 5.74) is 0. The van der Waals surface area contributed by atoms with E-state index in [2.05, 4.69) is 18.5 Å². The Morgan fingerprint density at radius 1 is 1.50 bits per heavy atom. The molecule has 0 fully saturated rings. The van der Waals surface area contributed by atoms with Gasteiger partial charge in [0.2, 0.25) is 0 Å². The van der Waals surface area contributed by atoms with Crippen molar-refractivity contribution < 1.29 is 14.0 Å². The van der Waals surface area contributed by atoms with Gasteiger partial charge < -0.3 is 4.74 Å². The summed E-state index contributed by atoms with van der Waals surface area (Å²) in [4.78, 5) is 11.0. The molecule has 0 saturated carbocycles. The van der Waals surface area contributed by atoms with E-state index in [1.807, 2.05) is 21.1 Å². The molecular formula is C11H18NO2+. The van der Waals surface area contributed by atoms with Gasteiger partial charge in [0.15, 0.2) is 0 Å². The topological polar surface area (TPSA) is 26.3 Å². The molecule has 0 amide bonds. The van der Waals surface area contributed by atoms with Crippen molar-refractivity contribution in [2.24, 2.45) is 0 Å². The second-order valence-electron chi connectivity index (χ2n) is 3.77. The monoisotopic (exact) mass is 196 g/mol. The molecule has 0 aromatic carbocycles. The van der Waals surface area contributed by atoms with E-state index in [1.54, 1.807) is 6.08 Å². The van der Waals surface area contributed by atoms with Crippen LogP contribution in [0, 0.1) is 12.0 Å². The molecule has 3 nitrogen and oxygen atoms in total. The number of hydrogen-bond donors (Lipinski definition) is 0. The summed E-state index contributed by atoms with van der Waals surface area (Å²) in [6.45, 7) is 3.73. The van der Waals surface area contributed by atoms with Gasteiger partial charge >= 0.3 is 5.97 Å². The molecule has 0 spiro atoms. The minimum Gasteiger partial charge on any atom is -0.461 e. The summed E-state index contributed by atoms with van der Waals surface area (Å²) in [5, 5.41) is 0. The third-order valence-electron chi connectivity index (χ3n) is 1.23. The third-order valence-corrected chi connectivity index (χ3v) is 1.23. The Morgan fingerprint density at radius 3 is 2.64 bits per heavy atom. The lowest BCUT2D eigenvalue weighted by Gasteiger charge is -2.12. The predicted molar refractivity (Wildman–Crippen MR) is 56.2 cm³/mol. The van der Waals surface area contributed by atoms with Crippen molar-refractivity contribution in [1.82, 2.24) is 0 Å². The Balaban J connectivity index is 3.67. The smallest absolute Gasteiger partial charge is 0.307 e. The Morgan fingerprint density at radius 2 is 2.14 bits per heavy atom. The maximum atomic E-state index is 11.0. The average molecular weight is 196 g/mol. The second kappa shape index (κ2) is 6.22. The molecule has 0 atom stereocenters. The molecule has 0 rings (SSSR count). The molecular weight excluding hydrogens is 178 g/mol. The van der Waals surface area contributed by atoms with Crippen LogP contribution in [0.25, 0.3) is 0 Å². The van der Waals surface area contributed by atoms with Gasteiger partial charge in [0.25, 0.3) is 0 Å². The van der Waals surface area contributed by atoms with Crippen LogP contribution in [0.3, 0.4) is 0 Å². The van der Waals surface area contributed by atoms with Crippen molar-refractivity contribution in [3.63, 3.8) is 0 Å². The summed E-state index contributed by atoms with van der Waals surface area (Å²) in [5.74, 6) is 2.71. The molecule has 0 heterocycles. The Labute approximate surface area is 85.9 Å². The van der Waals surface area contributed by atoms with Crippen molar-refractivity contribution in [2.75, 3.05) is 27.7 Å². The minimum absolute atomic E-state index is 0.222. The van der Waals surface area contributed by atoms with Crippen LogP contribution in [0.2, 0.25) is 0 Å². The van der Waals surface area contributed by atoms with Gasteiger partial charge in [-0.2, -0.15) is 0 Å². The zero-order valence-electron chi connectivity index (χ0n) is 9.17. The van der Waals surface area contributed by atoms with E-state index in [4.69, 9.17) is 4.74 Å². The van der Waals surface area contributed by atoms with E-state index in [0.29, 0.717) is 17.3 Å².